The smallest absolute Gasteiger partial charge is 0.108 e. The van der Waals surface area contributed by atoms with Gasteiger partial charge in [0.2, 0.25) is 0 Å². The second-order valence-electron chi connectivity index (χ2n) is 3.43. The van der Waals surface area contributed by atoms with Gasteiger partial charge < -0.3 is 4.98 Å². The SMILES string of the molecule is c1ccc2c(c1)c1sc2c2[nH]cnc21. The molecule has 0 fully saturated rings. The first-order valence-electron chi connectivity index (χ1n) is 4.51. The number of hydrogen-bond acceptors (Lipinski definition) is 2. The Morgan fingerprint density at radius 3 is 2.71 bits per heavy atom. The van der Waals surface area contributed by atoms with Crippen molar-refractivity contribution in [2.45, 2.75) is 0 Å². The maximum Gasteiger partial charge on any atom is 0.108 e. The fourth-order valence-corrected chi connectivity index (χ4v) is 3.38. The zero-order chi connectivity index (χ0) is 9.12. The quantitative estimate of drug-likeness (QED) is 0.461. The van der Waals surface area contributed by atoms with Gasteiger partial charge in [-0.2, -0.15) is 0 Å². The predicted molar refractivity (Wildman–Crippen MR) is 60.2 cm³/mol. The van der Waals surface area contributed by atoms with E-state index in [9.17, 15) is 0 Å². The van der Waals surface area contributed by atoms with Crippen LogP contribution in [0.1, 0.15) is 0 Å². The lowest BCUT2D eigenvalue weighted by atomic mass is 10.1. The van der Waals surface area contributed by atoms with E-state index >= 15 is 0 Å². The number of imidazole rings is 1. The molecule has 3 heteroatoms. The van der Waals surface area contributed by atoms with E-state index in [2.05, 4.69) is 34.2 Å². The van der Waals surface area contributed by atoms with Gasteiger partial charge in [-0.05, 0) is 0 Å². The van der Waals surface area contributed by atoms with Crippen LogP contribution in [-0.4, -0.2) is 9.97 Å². The highest BCUT2D eigenvalue weighted by Crippen LogP contribution is 2.43. The highest BCUT2D eigenvalue weighted by atomic mass is 32.1. The van der Waals surface area contributed by atoms with E-state index in [1.165, 1.54) is 25.7 Å². The Labute approximate surface area is 83.5 Å². The van der Waals surface area contributed by atoms with Gasteiger partial charge in [0.25, 0.3) is 0 Å². The summed E-state index contributed by atoms with van der Waals surface area (Å²) in [4.78, 5) is 7.54. The standard InChI is InChI=1S/C11H6N2S/c1-2-4-7-6(3-1)10-8-9(11(7)14-10)13-5-12-8/h1-5H,(H,12,13). The van der Waals surface area contributed by atoms with Crippen molar-refractivity contribution in [3.8, 4) is 0 Å². The number of rotatable bonds is 0. The van der Waals surface area contributed by atoms with E-state index in [-0.39, 0.29) is 0 Å². The molecule has 0 saturated heterocycles. The largest absolute Gasteiger partial charge is 0.343 e. The van der Waals surface area contributed by atoms with Crippen LogP contribution in [0.15, 0.2) is 30.6 Å². The van der Waals surface area contributed by atoms with Crippen LogP contribution in [0.4, 0.5) is 0 Å². The fourth-order valence-electron chi connectivity index (χ4n) is 2.09. The number of thiophene rings is 2. The lowest BCUT2D eigenvalue weighted by molar-refractivity contribution is 1.35. The molecule has 0 saturated carbocycles. The molecule has 4 rings (SSSR count). The summed E-state index contributed by atoms with van der Waals surface area (Å²) < 4.78 is 2.65. The summed E-state index contributed by atoms with van der Waals surface area (Å²) in [6.45, 7) is 0. The molecular weight excluding hydrogens is 192 g/mol. The zero-order valence-electron chi connectivity index (χ0n) is 7.24. The van der Waals surface area contributed by atoms with Crippen molar-refractivity contribution in [3.05, 3.63) is 30.6 Å². The minimum absolute atomic E-state index is 1.13. The third kappa shape index (κ3) is 0.590. The van der Waals surface area contributed by atoms with E-state index in [1.807, 2.05) is 11.3 Å². The number of nitrogens with one attached hydrogen (secondary N) is 1. The molecule has 2 bridgehead atoms. The van der Waals surface area contributed by atoms with Gasteiger partial charge in [-0.15, -0.1) is 11.3 Å². The Hall–Kier alpha value is -1.61. The first kappa shape index (κ1) is 6.79. The van der Waals surface area contributed by atoms with Gasteiger partial charge in [0, 0.05) is 10.8 Å². The molecular formula is C11H6N2S. The van der Waals surface area contributed by atoms with Gasteiger partial charge in [0.1, 0.15) is 5.52 Å². The maximum atomic E-state index is 4.34. The van der Waals surface area contributed by atoms with Gasteiger partial charge in [0.15, 0.2) is 0 Å². The third-order valence-corrected chi connectivity index (χ3v) is 3.95. The lowest BCUT2D eigenvalue weighted by Gasteiger charge is -1.93. The van der Waals surface area contributed by atoms with Crippen LogP contribution >= 0.6 is 11.3 Å². The summed E-state index contributed by atoms with van der Waals surface area (Å²) in [7, 11) is 0. The molecule has 2 nitrogen and oxygen atoms in total. The molecule has 0 atom stereocenters. The number of benzene rings is 2. The Balaban J connectivity index is 2.51. The number of fused-ring (bicyclic) bond motifs is 8. The van der Waals surface area contributed by atoms with Gasteiger partial charge in [0.05, 0.1) is 21.2 Å². The average Bonchev–Trinajstić information content (AvgIpc) is 2.88. The molecule has 0 aliphatic heterocycles. The molecule has 0 radical (unpaired) electrons. The normalized spacial score (nSPS) is 12.3. The van der Waals surface area contributed by atoms with Crippen LogP contribution in [0.3, 0.4) is 0 Å². The van der Waals surface area contributed by atoms with Crippen molar-refractivity contribution in [2.75, 3.05) is 0 Å². The minimum atomic E-state index is 1.13. The van der Waals surface area contributed by atoms with Gasteiger partial charge in [-0.1, -0.05) is 24.3 Å². The first-order chi connectivity index (χ1) is 6.95. The van der Waals surface area contributed by atoms with Crippen molar-refractivity contribution < 1.29 is 0 Å². The molecule has 1 aromatic carbocycles. The molecule has 0 unspecified atom stereocenters. The lowest BCUT2D eigenvalue weighted by Crippen LogP contribution is -1.70. The number of H-pyrrole nitrogens is 1. The van der Waals surface area contributed by atoms with E-state index in [0.29, 0.717) is 0 Å². The van der Waals surface area contributed by atoms with Crippen molar-refractivity contribution in [1.29, 1.82) is 0 Å². The average molecular weight is 198 g/mol. The predicted octanol–water partition coefficient (Wildman–Crippen LogP) is 3.37. The molecule has 0 aliphatic carbocycles. The minimum Gasteiger partial charge on any atom is -0.343 e. The molecule has 0 amide bonds. The molecule has 3 aromatic heterocycles. The summed E-state index contributed by atoms with van der Waals surface area (Å²) in [6, 6.07) is 8.51. The van der Waals surface area contributed by atoms with E-state index in [0.717, 1.165) is 5.52 Å². The van der Waals surface area contributed by atoms with Crippen LogP contribution in [0, 0.1) is 0 Å². The zero-order valence-corrected chi connectivity index (χ0v) is 8.06. The van der Waals surface area contributed by atoms with Gasteiger partial charge in [-0.25, -0.2) is 4.98 Å². The van der Waals surface area contributed by atoms with Crippen LogP contribution in [-0.2, 0) is 0 Å². The molecule has 4 aromatic rings. The first-order valence-corrected chi connectivity index (χ1v) is 5.32. The topological polar surface area (TPSA) is 28.7 Å². The Kier molecular flexibility index (Phi) is 1.00. The molecule has 14 heavy (non-hydrogen) atoms. The summed E-state index contributed by atoms with van der Waals surface area (Å²) in [5.74, 6) is 0. The van der Waals surface area contributed by atoms with Gasteiger partial charge >= 0.3 is 0 Å². The maximum absolute atomic E-state index is 4.34. The number of aromatic amines is 1. The Morgan fingerprint density at radius 2 is 1.86 bits per heavy atom. The monoisotopic (exact) mass is 198 g/mol. The van der Waals surface area contributed by atoms with Crippen molar-refractivity contribution in [3.63, 3.8) is 0 Å². The number of hydrogen-bond donors (Lipinski definition) is 1. The number of aromatic nitrogens is 2. The fraction of sp³-hybridized carbons (Fsp3) is 0. The van der Waals surface area contributed by atoms with Crippen molar-refractivity contribution in [1.82, 2.24) is 9.97 Å². The van der Waals surface area contributed by atoms with Crippen molar-refractivity contribution >= 4 is 42.5 Å². The summed E-state index contributed by atoms with van der Waals surface area (Å²) in [5.41, 5.74) is 2.33. The summed E-state index contributed by atoms with van der Waals surface area (Å²) in [5, 5.41) is 2.69. The highest BCUT2D eigenvalue weighted by molar-refractivity contribution is 7.28. The van der Waals surface area contributed by atoms with Crippen LogP contribution < -0.4 is 0 Å². The second-order valence-corrected chi connectivity index (χ2v) is 4.45. The molecule has 66 valence electrons. The molecule has 0 aliphatic rings. The van der Waals surface area contributed by atoms with Gasteiger partial charge in [-0.3, -0.25) is 0 Å². The van der Waals surface area contributed by atoms with Crippen LogP contribution in [0.2, 0.25) is 0 Å². The second kappa shape index (κ2) is 2.07. The summed E-state index contributed by atoms with van der Waals surface area (Å²) in [6.07, 6.45) is 1.77. The molecule has 3 heterocycles. The Morgan fingerprint density at radius 1 is 1.07 bits per heavy atom. The van der Waals surface area contributed by atoms with E-state index < -0.39 is 0 Å². The van der Waals surface area contributed by atoms with Crippen LogP contribution in [0.5, 0.6) is 0 Å². The molecule has 1 N–H and O–H groups in total. The van der Waals surface area contributed by atoms with Crippen LogP contribution in [0.25, 0.3) is 31.2 Å². The van der Waals surface area contributed by atoms with E-state index in [1.54, 1.807) is 6.33 Å². The van der Waals surface area contributed by atoms with Crippen molar-refractivity contribution in [2.24, 2.45) is 0 Å². The summed E-state index contributed by atoms with van der Waals surface area (Å²) >= 11 is 1.84. The highest BCUT2D eigenvalue weighted by Gasteiger charge is 2.15. The number of nitrogens with zero attached hydrogens (tertiary/aromatic N) is 1. The molecule has 0 spiro atoms. The Bertz CT molecular complexity index is 676. The third-order valence-electron chi connectivity index (χ3n) is 2.70. The van der Waals surface area contributed by atoms with E-state index in [4.69, 9.17) is 0 Å².